The first-order valence-corrected chi connectivity index (χ1v) is 9.35. The Labute approximate surface area is 165 Å². The fourth-order valence-corrected chi connectivity index (χ4v) is 3.18. The summed E-state index contributed by atoms with van der Waals surface area (Å²) in [6.45, 7) is 1.46. The molecule has 3 rings (SSSR count). The Bertz CT molecular complexity index is 924. The lowest BCUT2D eigenvalue weighted by molar-refractivity contribution is -0.120. The number of rotatable bonds is 7. The molecule has 0 saturated heterocycles. The van der Waals surface area contributed by atoms with E-state index in [1.54, 1.807) is 0 Å². The van der Waals surface area contributed by atoms with Crippen LogP contribution in [0.1, 0.15) is 36.1 Å². The second-order valence-electron chi connectivity index (χ2n) is 6.74. The van der Waals surface area contributed by atoms with E-state index in [0.29, 0.717) is 0 Å². The standard InChI is InChI=1S/C24H24N2O2/c1-18(27)25-23(20-12-6-3-7-13-20)17-24(28)26-22-15-9-8-14-21(22)16-19-10-4-2-5-11-19/h2-15,23H,16-17H2,1H3,(H,25,27)(H,26,28). The van der Waals surface area contributed by atoms with Gasteiger partial charge in [-0.1, -0.05) is 78.9 Å². The molecule has 142 valence electrons. The van der Waals surface area contributed by atoms with Crippen molar-refractivity contribution >= 4 is 17.5 Å². The van der Waals surface area contributed by atoms with Crippen LogP contribution in [0.15, 0.2) is 84.9 Å². The minimum atomic E-state index is -0.361. The maximum absolute atomic E-state index is 12.7. The lowest BCUT2D eigenvalue weighted by atomic mass is 10.0. The summed E-state index contributed by atoms with van der Waals surface area (Å²) in [7, 11) is 0. The van der Waals surface area contributed by atoms with Crippen LogP contribution in [-0.4, -0.2) is 11.8 Å². The molecule has 0 aliphatic carbocycles. The molecular formula is C24H24N2O2. The third-order valence-electron chi connectivity index (χ3n) is 4.50. The van der Waals surface area contributed by atoms with Gasteiger partial charge in [0.05, 0.1) is 12.5 Å². The molecule has 1 unspecified atom stereocenters. The minimum absolute atomic E-state index is 0.136. The smallest absolute Gasteiger partial charge is 0.226 e. The Morgan fingerprint density at radius 2 is 1.43 bits per heavy atom. The van der Waals surface area contributed by atoms with Gasteiger partial charge in [0.1, 0.15) is 0 Å². The van der Waals surface area contributed by atoms with E-state index in [4.69, 9.17) is 0 Å². The molecule has 0 heterocycles. The summed E-state index contributed by atoms with van der Waals surface area (Å²) >= 11 is 0. The number of anilines is 1. The average Bonchev–Trinajstić information content (AvgIpc) is 2.70. The number of nitrogens with one attached hydrogen (secondary N) is 2. The highest BCUT2D eigenvalue weighted by molar-refractivity contribution is 5.92. The van der Waals surface area contributed by atoms with Crippen LogP contribution < -0.4 is 10.6 Å². The number of para-hydroxylation sites is 1. The van der Waals surface area contributed by atoms with Gasteiger partial charge >= 0.3 is 0 Å². The summed E-state index contributed by atoms with van der Waals surface area (Å²) in [6.07, 6.45) is 0.911. The quantitative estimate of drug-likeness (QED) is 0.642. The van der Waals surface area contributed by atoms with E-state index in [-0.39, 0.29) is 24.3 Å². The van der Waals surface area contributed by atoms with Crippen molar-refractivity contribution in [1.82, 2.24) is 5.32 Å². The van der Waals surface area contributed by atoms with Crippen molar-refractivity contribution in [3.63, 3.8) is 0 Å². The Hall–Kier alpha value is -3.40. The van der Waals surface area contributed by atoms with Crippen LogP contribution in [0.2, 0.25) is 0 Å². The van der Waals surface area contributed by atoms with Gasteiger partial charge in [-0.2, -0.15) is 0 Å². The summed E-state index contributed by atoms with van der Waals surface area (Å²) in [6, 6.07) is 27.1. The van der Waals surface area contributed by atoms with Crippen molar-refractivity contribution in [1.29, 1.82) is 0 Å². The van der Waals surface area contributed by atoms with Gasteiger partial charge in [-0.25, -0.2) is 0 Å². The molecule has 0 aliphatic heterocycles. The van der Waals surface area contributed by atoms with Gasteiger partial charge in [0.2, 0.25) is 11.8 Å². The van der Waals surface area contributed by atoms with Crippen molar-refractivity contribution in [3.05, 3.63) is 102 Å². The summed E-state index contributed by atoms with van der Waals surface area (Å²) in [5.74, 6) is -0.297. The van der Waals surface area contributed by atoms with Crippen molar-refractivity contribution in [2.75, 3.05) is 5.32 Å². The van der Waals surface area contributed by atoms with Crippen molar-refractivity contribution < 1.29 is 9.59 Å². The van der Waals surface area contributed by atoms with E-state index in [1.807, 2.05) is 72.8 Å². The monoisotopic (exact) mass is 372 g/mol. The Morgan fingerprint density at radius 1 is 0.821 bits per heavy atom. The highest BCUT2D eigenvalue weighted by Gasteiger charge is 2.17. The molecule has 0 aliphatic rings. The van der Waals surface area contributed by atoms with Crippen LogP contribution in [0.3, 0.4) is 0 Å². The van der Waals surface area contributed by atoms with Gasteiger partial charge in [-0.05, 0) is 29.2 Å². The molecule has 4 heteroatoms. The van der Waals surface area contributed by atoms with E-state index >= 15 is 0 Å². The predicted octanol–water partition coefficient (Wildman–Crippen LogP) is 4.48. The van der Waals surface area contributed by atoms with Crippen LogP contribution in [0, 0.1) is 0 Å². The number of benzene rings is 3. The maximum Gasteiger partial charge on any atom is 0.226 e. The maximum atomic E-state index is 12.7. The zero-order valence-corrected chi connectivity index (χ0v) is 15.9. The SMILES string of the molecule is CC(=O)NC(CC(=O)Nc1ccccc1Cc1ccccc1)c1ccccc1. The van der Waals surface area contributed by atoms with Gasteiger partial charge in [-0.3, -0.25) is 9.59 Å². The Kier molecular flexibility index (Phi) is 6.58. The largest absolute Gasteiger partial charge is 0.349 e. The summed E-state index contributed by atoms with van der Waals surface area (Å²) in [4.78, 5) is 24.3. The molecule has 2 N–H and O–H groups in total. The van der Waals surface area contributed by atoms with Crippen LogP contribution in [0.5, 0.6) is 0 Å². The molecule has 0 bridgehead atoms. The van der Waals surface area contributed by atoms with Gasteiger partial charge in [0.25, 0.3) is 0 Å². The molecular weight excluding hydrogens is 348 g/mol. The fraction of sp³-hybridized carbons (Fsp3) is 0.167. The molecule has 2 amide bonds. The van der Waals surface area contributed by atoms with Crippen LogP contribution in [-0.2, 0) is 16.0 Å². The van der Waals surface area contributed by atoms with E-state index < -0.39 is 0 Å². The first kappa shape index (κ1) is 19.4. The normalized spacial score (nSPS) is 11.5. The fourth-order valence-electron chi connectivity index (χ4n) is 3.18. The molecule has 1 atom stereocenters. The molecule has 4 nitrogen and oxygen atoms in total. The zero-order chi connectivity index (χ0) is 19.8. The highest BCUT2D eigenvalue weighted by Crippen LogP contribution is 2.22. The predicted molar refractivity (Wildman–Crippen MR) is 112 cm³/mol. The number of hydrogen-bond donors (Lipinski definition) is 2. The minimum Gasteiger partial charge on any atom is -0.349 e. The number of carbonyl (C=O) groups is 2. The summed E-state index contributed by atoms with van der Waals surface area (Å²) in [5.41, 5.74) is 3.94. The van der Waals surface area contributed by atoms with E-state index in [0.717, 1.165) is 23.2 Å². The summed E-state index contributed by atoms with van der Waals surface area (Å²) < 4.78 is 0. The van der Waals surface area contributed by atoms with E-state index in [1.165, 1.54) is 12.5 Å². The third-order valence-corrected chi connectivity index (χ3v) is 4.50. The van der Waals surface area contributed by atoms with E-state index in [2.05, 4.69) is 22.8 Å². The molecule has 0 saturated carbocycles. The third kappa shape index (κ3) is 5.55. The topological polar surface area (TPSA) is 58.2 Å². The molecule has 0 aromatic heterocycles. The molecule has 0 radical (unpaired) electrons. The van der Waals surface area contributed by atoms with Gasteiger partial charge in [-0.15, -0.1) is 0 Å². The lowest BCUT2D eigenvalue weighted by Gasteiger charge is -2.19. The first-order valence-electron chi connectivity index (χ1n) is 9.35. The first-order chi connectivity index (χ1) is 13.6. The number of hydrogen-bond acceptors (Lipinski definition) is 2. The molecule has 3 aromatic rings. The second kappa shape index (κ2) is 9.51. The number of carbonyl (C=O) groups excluding carboxylic acids is 2. The molecule has 0 fully saturated rings. The van der Waals surface area contributed by atoms with Crippen molar-refractivity contribution in [2.24, 2.45) is 0 Å². The summed E-state index contributed by atoms with van der Waals surface area (Å²) in [5, 5.41) is 5.88. The lowest BCUT2D eigenvalue weighted by Crippen LogP contribution is -2.29. The average molecular weight is 372 g/mol. The Morgan fingerprint density at radius 3 is 2.11 bits per heavy atom. The Balaban J connectivity index is 1.72. The molecule has 28 heavy (non-hydrogen) atoms. The zero-order valence-electron chi connectivity index (χ0n) is 15.9. The number of amides is 2. The van der Waals surface area contributed by atoms with Crippen LogP contribution in [0.25, 0.3) is 0 Å². The van der Waals surface area contributed by atoms with Gasteiger partial charge in [0.15, 0.2) is 0 Å². The van der Waals surface area contributed by atoms with Crippen LogP contribution in [0.4, 0.5) is 5.69 Å². The highest BCUT2D eigenvalue weighted by atomic mass is 16.2. The molecule has 0 spiro atoms. The van der Waals surface area contributed by atoms with Crippen molar-refractivity contribution in [3.8, 4) is 0 Å². The van der Waals surface area contributed by atoms with Crippen molar-refractivity contribution in [2.45, 2.75) is 25.8 Å². The van der Waals surface area contributed by atoms with Gasteiger partial charge < -0.3 is 10.6 Å². The molecule has 3 aromatic carbocycles. The van der Waals surface area contributed by atoms with Gasteiger partial charge in [0, 0.05) is 12.6 Å². The van der Waals surface area contributed by atoms with E-state index in [9.17, 15) is 9.59 Å². The second-order valence-corrected chi connectivity index (χ2v) is 6.74. The van der Waals surface area contributed by atoms with Crippen LogP contribution >= 0.6 is 0 Å².